The molecule has 1 aliphatic rings. The quantitative estimate of drug-likeness (QED) is 0.907. The molecule has 112 valence electrons. The van der Waals surface area contributed by atoms with Crippen LogP contribution in [0.2, 0.25) is 5.02 Å². The fourth-order valence-corrected chi connectivity index (χ4v) is 2.80. The summed E-state index contributed by atoms with van der Waals surface area (Å²) in [6.07, 6.45) is 1.87. The van der Waals surface area contributed by atoms with Gasteiger partial charge in [0.1, 0.15) is 24.3 Å². The lowest BCUT2D eigenvalue weighted by atomic mass is 10.0. The Morgan fingerprint density at radius 1 is 1.55 bits per heavy atom. The number of benzene rings is 1. The third kappa shape index (κ3) is 4.62. The fraction of sp³-hybridized carbons (Fsp3) is 0.600. The van der Waals surface area contributed by atoms with Crippen LogP contribution in [-0.4, -0.2) is 42.4 Å². The highest BCUT2D eigenvalue weighted by molar-refractivity contribution is 6.32. The smallest absolute Gasteiger partial charge is 0.138 e. The average molecular weight is 302 g/mol. The Labute approximate surface area is 124 Å². The third-order valence-electron chi connectivity index (χ3n) is 3.54. The van der Waals surface area contributed by atoms with Gasteiger partial charge >= 0.3 is 0 Å². The zero-order valence-corrected chi connectivity index (χ0v) is 12.4. The molecule has 1 heterocycles. The topological polar surface area (TPSA) is 32.7 Å². The number of hydrogen-bond donors (Lipinski definition) is 1. The summed E-state index contributed by atoms with van der Waals surface area (Å²) in [5.74, 6) is 0.688. The van der Waals surface area contributed by atoms with E-state index in [1.165, 1.54) is 31.0 Å². The maximum absolute atomic E-state index is 12.9. The van der Waals surface area contributed by atoms with E-state index in [9.17, 15) is 9.50 Å². The third-order valence-corrected chi connectivity index (χ3v) is 3.83. The van der Waals surface area contributed by atoms with Gasteiger partial charge in [-0.3, -0.25) is 0 Å². The molecule has 0 bridgehead atoms. The molecule has 1 aliphatic heterocycles. The van der Waals surface area contributed by atoms with Crippen LogP contribution < -0.4 is 4.74 Å². The van der Waals surface area contributed by atoms with Crippen LogP contribution in [0.25, 0.3) is 0 Å². The first-order chi connectivity index (χ1) is 9.54. The summed E-state index contributed by atoms with van der Waals surface area (Å²) in [6, 6.07) is 3.98. The van der Waals surface area contributed by atoms with Crippen LogP contribution in [0.5, 0.6) is 5.75 Å². The summed E-state index contributed by atoms with van der Waals surface area (Å²) in [4.78, 5) is 2.26. The molecule has 0 aliphatic carbocycles. The van der Waals surface area contributed by atoms with Crippen LogP contribution in [0.3, 0.4) is 0 Å². The molecule has 1 fully saturated rings. The summed E-state index contributed by atoms with van der Waals surface area (Å²) >= 11 is 5.87. The summed E-state index contributed by atoms with van der Waals surface area (Å²) in [5.41, 5.74) is 0. The largest absolute Gasteiger partial charge is 0.489 e. The molecule has 1 aromatic rings. The minimum Gasteiger partial charge on any atom is -0.489 e. The van der Waals surface area contributed by atoms with Crippen LogP contribution in [0.1, 0.15) is 19.8 Å². The van der Waals surface area contributed by atoms with Crippen molar-refractivity contribution in [2.45, 2.75) is 25.9 Å². The molecular weight excluding hydrogens is 281 g/mol. The molecule has 0 aromatic heterocycles. The average Bonchev–Trinajstić information content (AvgIpc) is 2.37. The predicted octanol–water partition coefficient (Wildman–Crippen LogP) is 2.95. The van der Waals surface area contributed by atoms with Gasteiger partial charge in [-0.05, 0) is 43.5 Å². The number of nitrogens with zero attached hydrogens (tertiary/aromatic N) is 1. The van der Waals surface area contributed by atoms with Crippen LogP contribution in [0.15, 0.2) is 18.2 Å². The summed E-state index contributed by atoms with van der Waals surface area (Å²) in [5, 5.41) is 10.2. The van der Waals surface area contributed by atoms with Crippen LogP contribution in [0.4, 0.5) is 4.39 Å². The van der Waals surface area contributed by atoms with E-state index in [1.807, 2.05) is 0 Å². The van der Waals surface area contributed by atoms with Crippen LogP contribution in [-0.2, 0) is 0 Å². The number of ether oxygens (including phenoxy) is 1. The second kappa shape index (κ2) is 7.25. The number of likely N-dealkylation sites (tertiary alicyclic amines) is 1. The van der Waals surface area contributed by atoms with Crippen molar-refractivity contribution in [2.24, 2.45) is 5.92 Å². The summed E-state index contributed by atoms with van der Waals surface area (Å²) in [6.45, 7) is 5.04. The van der Waals surface area contributed by atoms with Gasteiger partial charge in [0.25, 0.3) is 0 Å². The lowest BCUT2D eigenvalue weighted by molar-refractivity contribution is 0.0537. The van der Waals surface area contributed by atoms with Gasteiger partial charge in [-0.15, -0.1) is 0 Å². The Hall–Kier alpha value is -0.840. The van der Waals surface area contributed by atoms with Crippen LogP contribution in [0, 0.1) is 11.7 Å². The molecular formula is C15H21ClFNO2. The maximum atomic E-state index is 12.9. The molecule has 2 rings (SSSR count). The predicted molar refractivity (Wildman–Crippen MR) is 77.7 cm³/mol. The van der Waals surface area contributed by atoms with Crippen molar-refractivity contribution < 1.29 is 14.2 Å². The highest BCUT2D eigenvalue weighted by Gasteiger charge is 2.19. The van der Waals surface area contributed by atoms with Crippen molar-refractivity contribution in [1.29, 1.82) is 0 Å². The van der Waals surface area contributed by atoms with E-state index in [2.05, 4.69) is 11.8 Å². The van der Waals surface area contributed by atoms with Crippen molar-refractivity contribution >= 4 is 11.6 Å². The number of aliphatic hydroxyl groups excluding tert-OH is 1. The molecule has 5 heteroatoms. The van der Waals surface area contributed by atoms with Gasteiger partial charge in [0, 0.05) is 13.1 Å². The lowest BCUT2D eigenvalue weighted by Crippen LogP contribution is -2.41. The van der Waals surface area contributed by atoms with E-state index in [0.29, 0.717) is 18.2 Å². The van der Waals surface area contributed by atoms with E-state index in [0.717, 1.165) is 13.1 Å². The molecule has 0 amide bonds. The molecule has 1 aromatic carbocycles. The Morgan fingerprint density at radius 3 is 3.05 bits per heavy atom. The number of β-amino-alcohol motifs (C(OH)–C–C–N with tert-alkyl or cyclic N) is 1. The molecule has 0 saturated carbocycles. The molecule has 2 atom stereocenters. The molecule has 1 saturated heterocycles. The SMILES string of the molecule is CC1CCCN(CC(O)COc2ccc(F)cc2Cl)C1. The number of hydrogen-bond acceptors (Lipinski definition) is 3. The minimum absolute atomic E-state index is 0.163. The van der Waals surface area contributed by atoms with Gasteiger partial charge in [0.2, 0.25) is 0 Å². The van der Waals surface area contributed by atoms with Gasteiger partial charge in [-0.2, -0.15) is 0 Å². The summed E-state index contributed by atoms with van der Waals surface area (Å²) < 4.78 is 18.3. The van der Waals surface area contributed by atoms with Crippen molar-refractivity contribution in [3.63, 3.8) is 0 Å². The molecule has 20 heavy (non-hydrogen) atoms. The highest BCUT2D eigenvalue weighted by Crippen LogP contribution is 2.25. The number of rotatable bonds is 5. The maximum Gasteiger partial charge on any atom is 0.138 e. The van der Waals surface area contributed by atoms with Gasteiger partial charge in [-0.1, -0.05) is 18.5 Å². The van der Waals surface area contributed by atoms with Crippen molar-refractivity contribution in [3.8, 4) is 5.75 Å². The molecule has 2 unspecified atom stereocenters. The van der Waals surface area contributed by atoms with Crippen molar-refractivity contribution in [2.75, 3.05) is 26.2 Å². The van der Waals surface area contributed by atoms with Gasteiger partial charge in [0.15, 0.2) is 0 Å². The van der Waals surface area contributed by atoms with Crippen LogP contribution >= 0.6 is 11.6 Å². The highest BCUT2D eigenvalue weighted by atomic mass is 35.5. The van der Waals surface area contributed by atoms with Gasteiger partial charge in [0.05, 0.1) is 5.02 Å². The Kier molecular flexibility index (Phi) is 5.64. The lowest BCUT2D eigenvalue weighted by Gasteiger charge is -2.32. The normalized spacial score (nSPS) is 21.7. The second-order valence-electron chi connectivity index (χ2n) is 5.55. The number of piperidine rings is 1. The molecule has 0 spiro atoms. The van der Waals surface area contributed by atoms with E-state index in [4.69, 9.17) is 16.3 Å². The first-order valence-corrected chi connectivity index (χ1v) is 7.40. The molecule has 3 nitrogen and oxygen atoms in total. The monoisotopic (exact) mass is 301 g/mol. The molecule has 0 radical (unpaired) electrons. The van der Waals surface area contributed by atoms with Crippen molar-refractivity contribution in [3.05, 3.63) is 29.0 Å². The Bertz CT molecular complexity index is 444. The molecule has 1 N–H and O–H groups in total. The van der Waals surface area contributed by atoms with E-state index in [-0.39, 0.29) is 11.6 Å². The van der Waals surface area contributed by atoms with Gasteiger partial charge in [-0.25, -0.2) is 4.39 Å². The van der Waals surface area contributed by atoms with E-state index in [1.54, 1.807) is 0 Å². The second-order valence-corrected chi connectivity index (χ2v) is 5.95. The fourth-order valence-electron chi connectivity index (χ4n) is 2.58. The standard InChI is InChI=1S/C15H21ClFNO2/c1-11-3-2-6-18(8-11)9-13(19)10-20-15-5-4-12(17)7-14(15)16/h4-5,7,11,13,19H,2-3,6,8-10H2,1H3. The first-order valence-electron chi connectivity index (χ1n) is 7.03. The Morgan fingerprint density at radius 2 is 2.35 bits per heavy atom. The zero-order valence-electron chi connectivity index (χ0n) is 11.7. The summed E-state index contributed by atoms with van der Waals surface area (Å²) in [7, 11) is 0. The van der Waals surface area contributed by atoms with Gasteiger partial charge < -0.3 is 14.7 Å². The van der Waals surface area contributed by atoms with Crippen molar-refractivity contribution in [1.82, 2.24) is 4.90 Å². The zero-order chi connectivity index (χ0) is 14.5. The number of aliphatic hydroxyl groups is 1. The number of halogens is 2. The Balaban J connectivity index is 1.78. The first kappa shape index (κ1) is 15.5. The van der Waals surface area contributed by atoms with E-state index < -0.39 is 11.9 Å². The minimum atomic E-state index is -0.568. The van der Waals surface area contributed by atoms with E-state index >= 15 is 0 Å².